The molecule has 0 atom stereocenters. The Morgan fingerprint density at radius 3 is 2.60 bits per heavy atom. The number of hydrogen-bond donors (Lipinski definition) is 1. The van der Waals surface area contributed by atoms with Gasteiger partial charge in [0.15, 0.2) is 0 Å². The number of nitrogens with one attached hydrogen (secondary N) is 1. The lowest BCUT2D eigenvalue weighted by Crippen LogP contribution is -2.11. The van der Waals surface area contributed by atoms with Gasteiger partial charge in [-0.25, -0.2) is 9.78 Å². The number of aryl methyl sites for hydroxylation is 1. The summed E-state index contributed by atoms with van der Waals surface area (Å²) in [5, 5.41) is 3.07. The van der Waals surface area contributed by atoms with Crippen molar-refractivity contribution in [3.05, 3.63) is 41.9 Å². The number of nitrogens with zero attached hydrogens (tertiary/aromatic N) is 2. The molecule has 0 fully saturated rings. The third-order valence-corrected chi connectivity index (χ3v) is 4.21. The normalized spacial score (nSPS) is 11.4. The van der Waals surface area contributed by atoms with Crippen molar-refractivity contribution in [1.29, 1.82) is 0 Å². The van der Waals surface area contributed by atoms with E-state index in [1.165, 1.54) is 23.9 Å². The molecule has 0 amide bonds. The number of alkyl halides is 3. The van der Waals surface area contributed by atoms with Crippen molar-refractivity contribution >= 4 is 23.5 Å². The lowest BCUT2D eigenvalue weighted by molar-refractivity contribution is -0.137. The number of carbonyl (C=O) groups excluding carboxylic acids is 1. The number of benzene rings is 1. The minimum Gasteiger partial charge on any atom is -0.460 e. The Morgan fingerprint density at radius 2 is 2.00 bits per heavy atom. The molecule has 1 N–H and O–H groups in total. The van der Waals surface area contributed by atoms with Crippen molar-refractivity contribution < 1.29 is 22.7 Å². The van der Waals surface area contributed by atoms with Gasteiger partial charge in [-0.15, -0.1) is 11.8 Å². The van der Waals surface area contributed by atoms with E-state index in [0.29, 0.717) is 18.1 Å². The quantitative estimate of drug-likeness (QED) is 0.454. The largest absolute Gasteiger partial charge is 0.460 e. The Hall–Kier alpha value is -2.16. The van der Waals surface area contributed by atoms with Crippen LogP contribution in [0.15, 0.2) is 35.4 Å². The van der Waals surface area contributed by atoms with Crippen molar-refractivity contribution in [2.75, 3.05) is 24.2 Å². The molecule has 0 aliphatic heterocycles. The van der Waals surface area contributed by atoms with Crippen LogP contribution in [0.4, 0.5) is 19.0 Å². The number of esters is 1. The highest BCUT2D eigenvalue weighted by atomic mass is 32.2. The van der Waals surface area contributed by atoms with E-state index in [2.05, 4.69) is 10.3 Å². The number of hydrogen-bond acceptors (Lipinski definition) is 5. The SMILES string of the molecule is CCOC(=O)c1nc(NCCSc2ccc(C(F)(F)F)cc2)cn1C. The highest BCUT2D eigenvalue weighted by Gasteiger charge is 2.29. The highest BCUT2D eigenvalue weighted by molar-refractivity contribution is 7.99. The molecule has 9 heteroatoms. The average molecular weight is 373 g/mol. The van der Waals surface area contributed by atoms with Crippen LogP contribution in [0, 0.1) is 0 Å². The Morgan fingerprint density at radius 1 is 1.32 bits per heavy atom. The molecule has 0 bridgehead atoms. The van der Waals surface area contributed by atoms with Crippen molar-refractivity contribution in [1.82, 2.24) is 9.55 Å². The van der Waals surface area contributed by atoms with E-state index in [9.17, 15) is 18.0 Å². The molecule has 0 saturated heterocycles. The predicted octanol–water partition coefficient (Wildman–Crippen LogP) is 3.82. The van der Waals surface area contributed by atoms with Gasteiger partial charge in [-0.2, -0.15) is 13.2 Å². The van der Waals surface area contributed by atoms with E-state index < -0.39 is 17.7 Å². The first-order valence-electron chi connectivity index (χ1n) is 7.55. The molecule has 1 aromatic heterocycles. The van der Waals surface area contributed by atoms with E-state index in [4.69, 9.17) is 4.74 Å². The number of ether oxygens (including phenoxy) is 1. The number of rotatable bonds is 7. The molecule has 25 heavy (non-hydrogen) atoms. The second kappa shape index (κ2) is 8.28. The Bertz CT molecular complexity index is 714. The number of anilines is 1. The van der Waals surface area contributed by atoms with Crippen LogP contribution in [-0.2, 0) is 18.0 Å². The van der Waals surface area contributed by atoms with Gasteiger partial charge in [0.25, 0.3) is 0 Å². The minimum atomic E-state index is -4.32. The second-order valence-corrected chi connectivity index (χ2v) is 6.25. The second-order valence-electron chi connectivity index (χ2n) is 5.08. The number of carbonyl (C=O) groups is 1. The van der Waals surface area contributed by atoms with E-state index >= 15 is 0 Å². The van der Waals surface area contributed by atoms with Crippen LogP contribution in [0.25, 0.3) is 0 Å². The molecule has 5 nitrogen and oxygen atoms in total. The number of thioether (sulfide) groups is 1. The lowest BCUT2D eigenvalue weighted by atomic mass is 10.2. The van der Waals surface area contributed by atoms with E-state index in [-0.39, 0.29) is 12.4 Å². The van der Waals surface area contributed by atoms with Crippen LogP contribution in [0.1, 0.15) is 23.1 Å². The van der Waals surface area contributed by atoms with E-state index in [0.717, 1.165) is 17.0 Å². The maximum Gasteiger partial charge on any atom is 0.416 e. The molecular weight excluding hydrogens is 355 g/mol. The van der Waals surface area contributed by atoms with E-state index in [1.807, 2.05) is 0 Å². The molecule has 2 rings (SSSR count). The lowest BCUT2D eigenvalue weighted by Gasteiger charge is -2.07. The molecule has 0 unspecified atom stereocenters. The maximum atomic E-state index is 12.5. The number of imidazole rings is 1. The zero-order valence-corrected chi connectivity index (χ0v) is 14.6. The molecule has 1 aromatic carbocycles. The first kappa shape index (κ1) is 19.2. The highest BCUT2D eigenvalue weighted by Crippen LogP contribution is 2.30. The summed E-state index contributed by atoms with van der Waals surface area (Å²) >= 11 is 1.43. The molecule has 1 heterocycles. The number of aromatic nitrogens is 2. The van der Waals surface area contributed by atoms with Crippen LogP contribution >= 0.6 is 11.8 Å². The van der Waals surface area contributed by atoms with Crippen LogP contribution in [0.3, 0.4) is 0 Å². The summed E-state index contributed by atoms with van der Waals surface area (Å²) in [4.78, 5) is 16.6. The van der Waals surface area contributed by atoms with Gasteiger partial charge in [-0.05, 0) is 31.2 Å². The topological polar surface area (TPSA) is 56.1 Å². The van der Waals surface area contributed by atoms with Crippen molar-refractivity contribution in [3.8, 4) is 0 Å². The van der Waals surface area contributed by atoms with Gasteiger partial charge in [-0.1, -0.05) is 0 Å². The standard InChI is InChI=1S/C16H18F3N3O2S/c1-3-24-15(23)14-21-13(10-22(14)2)20-8-9-25-12-6-4-11(5-7-12)16(17,18)19/h4-7,10,20H,3,8-9H2,1-2H3. The third kappa shape index (κ3) is 5.42. The zero-order chi connectivity index (χ0) is 18.4. The number of halogens is 3. The first-order chi connectivity index (χ1) is 11.8. The van der Waals surface area contributed by atoms with Crippen LogP contribution in [-0.4, -0.2) is 34.4 Å². The van der Waals surface area contributed by atoms with Crippen molar-refractivity contribution in [3.63, 3.8) is 0 Å². The molecule has 136 valence electrons. The van der Waals surface area contributed by atoms with Gasteiger partial charge in [0, 0.05) is 30.4 Å². The fourth-order valence-electron chi connectivity index (χ4n) is 2.02. The summed E-state index contributed by atoms with van der Waals surface area (Å²) in [6, 6.07) is 5.04. The Labute approximate surface area is 147 Å². The molecule has 0 saturated carbocycles. The smallest absolute Gasteiger partial charge is 0.416 e. The van der Waals surface area contributed by atoms with E-state index in [1.54, 1.807) is 24.7 Å². The summed E-state index contributed by atoms with van der Waals surface area (Å²) in [5.41, 5.74) is -0.657. The predicted molar refractivity (Wildman–Crippen MR) is 89.8 cm³/mol. The van der Waals surface area contributed by atoms with Gasteiger partial charge in [0.05, 0.1) is 12.2 Å². The molecule has 0 aliphatic carbocycles. The molecule has 0 spiro atoms. The molecular formula is C16H18F3N3O2S. The zero-order valence-electron chi connectivity index (χ0n) is 13.8. The molecule has 0 radical (unpaired) electrons. The third-order valence-electron chi connectivity index (χ3n) is 3.19. The summed E-state index contributed by atoms with van der Waals surface area (Å²) in [6.07, 6.45) is -2.64. The fraction of sp³-hybridized carbons (Fsp3) is 0.375. The van der Waals surface area contributed by atoms with Crippen LogP contribution in [0.2, 0.25) is 0 Å². The Balaban J connectivity index is 1.81. The van der Waals surface area contributed by atoms with Crippen molar-refractivity contribution in [2.24, 2.45) is 7.05 Å². The Kier molecular flexibility index (Phi) is 6.35. The van der Waals surface area contributed by atoms with Crippen LogP contribution < -0.4 is 5.32 Å². The summed E-state index contributed by atoms with van der Waals surface area (Å²) in [7, 11) is 1.70. The summed E-state index contributed by atoms with van der Waals surface area (Å²) in [5.74, 6) is 0.895. The maximum absolute atomic E-state index is 12.5. The van der Waals surface area contributed by atoms with Crippen molar-refractivity contribution in [2.45, 2.75) is 18.0 Å². The summed E-state index contributed by atoms with van der Waals surface area (Å²) in [6.45, 7) is 2.54. The van der Waals surface area contributed by atoms with Gasteiger partial charge < -0.3 is 14.6 Å². The van der Waals surface area contributed by atoms with Crippen LogP contribution in [0.5, 0.6) is 0 Å². The minimum absolute atomic E-state index is 0.208. The van der Waals surface area contributed by atoms with Gasteiger partial charge >= 0.3 is 12.1 Å². The average Bonchev–Trinajstić information content (AvgIpc) is 2.92. The fourth-order valence-corrected chi connectivity index (χ4v) is 2.79. The summed E-state index contributed by atoms with van der Waals surface area (Å²) < 4.78 is 44.0. The molecule has 2 aromatic rings. The molecule has 0 aliphatic rings. The van der Waals surface area contributed by atoms with Gasteiger partial charge in [0.1, 0.15) is 5.82 Å². The monoisotopic (exact) mass is 373 g/mol. The van der Waals surface area contributed by atoms with Gasteiger partial charge in [0.2, 0.25) is 5.82 Å². The van der Waals surface area contributed by atoms with Gasteiger partial charge in [-0.3, -0.25) is 0 Å². The first-order valence-corrected chi connectivity index (χ1v) is 8.54.